The summed E-state index contributed by atoms with van der Waals surface area (Å²) in [5.41, 5.74) is 5.30. The number of aryl methyl sites for hydroxylation is 4. The van der Waals surface area contributed by atoms with Crippen LogP contribution in [0.2, 0.25) is 0 Å². The summed E-state index contributed by atoms with van der Waals surface area (Å²) >= 11 is 0. The van der Waals surface area contributed by atoms with Gasteiger partial charge in [0.25, 0.3) is 5.91 Å². The smallest absolute Gasteiger partial charge is 0.349 e. The first kappa shape index (κ1) is 21.1. The molecule has 0 bridgehead atoms. The summed E-state index contributed by atoms with van der Waals surface area (Å²) in [6, 6.07) is 18.1. The summed E-state index contributed by atoms with van der Waals surface area (Å²) in [4.78, 5) is 24.6. The van der Waals surface area contributed by atoms with Crippen LogP contribution in [0.3, 0.4) is 0 Å². The zero-order valence-electron chi connectivity index (χ0n) is 17.6. The standard InChI is InChI=1S/C25H25NO4/c1-16-8-13-22(19(4)14-16)26-25(28)20-9-11-21(12-10-20)30-23(27)15-29-24-17(2)6-5-7-18(24)3/h5-14H,15H2,1-4H3,(H,26,28). The molecule has 3 rings (SSSR count). The van der Waals surface area contributed by atoms with Crippen molar-refractivity contribution >= 4 is 17.6 Å². The normalized spacial score (nSPS) is 10.4. The van der Waals surface area contributed by atoms with Crippen molar-refractivity contribution in [2.24, 2.45) is 0 Å². The number of hydrogen-bond acceptors (Lipinski definition) is 4. The van der Waals surface area contributed by atoms with Gasteiger partial charge in [0.15, 0.2) is 6.61 Å². The van der Waals surface area contributed by atoms with Crippen molar-refractivity contribution in [3.05, 3.63) is 88.5 Å². The van der Waals surface area contributed by atoms with Gasteiger partial charge in [-0.15, -0.1) is 0 Å². The van der Waals surface area contributed by atoms with Crippen molar-refractivity contribution in [2.75, 3.05) is 11.9 Å². The number of nitrogens with one attached hydrogen (secondary N) is 1. The fourth-order valence-electron chi connectivity index (χ4n) is 3.14. The van der Waals surface area contributed by atoms with Gasteiger partial charge in [-0.2, -0.15) is 0 Å². The van der Waals surface area contributed by atoms with Crippen LogP contribution < -0.4 is 14.8 Å². The van der Waals surface area contributed by atoms with Gasteiger partial charge in [-0.1, -0.05) is 35.9 Å². The zero-order valence-corrected chi connectivity index (χ0v) is 17.6. The van der Waals surface area contributed by atoms with E-state index in [9.17, 15) is 9.59 Å². The molecule has 5 heteroatoms. The second-order valence-corrected chi connectivity index (χ2v) is 7.28. The van der Waals surface area contributed by atoms with Crippen LogP contribution in [0.1, 0.15) is 32.6 Å². The molecule has 154 valence electrons. The van der Waals surface area contributed by atoms with Crippen molar-refractivity contribution < 1.29 is 19.1 Å². The minimum absolute atomic E-state index is 0.194. The van der Waals surface area contributed by atoms with Crippen LogP contribution in [0.25, 0.3) is 0 Å². The van der Waals surface area contributed by atoms with Crippen molar-refractivity contribution in [2.45, 2.75) is 27.7 Å². The minimum atomic E-state index is -0.509. The molecule has 3 aromatic carbocycles. The molecule has 0 unspecified atom stereocenters. The molecule has 0 aliphatic heterocycles. The summed E-state index contributed by atoms with van der Waals surface area (Å²) in [6.07, 6.45) is 0. The average Bonchev–Trinajstić information content (AvgIpc) is 2.70. The Balaban J connectivity index is 1.57. The maximum atomic E-state index is 12.5. The van der Waals surface area contributed by atoms with Crippen LogP contribution in [-0.2, 0) is 4.79 Å². The first-order chi connectivity index (χ1) is 14.3. The van der Waals surface area contributed by atoms with E-state index < -0.39 is 5.97 Å². The summed E-state index contributed by atoms with van der Waals surface area (Å²) in [7, 11) is 0. The van der Waals surface area contributed by atoms with Crippen LogP contribution in [0, 0.1) is 27.7 Å². The van der Waals surface area contributed by atoms with Crippen LogP contribution in [0.5, 0.6) is 11.5 Å². The van der Waals surface area contributed by atoms with Gasteiger partial charge in [0.1, 0.15) is 11.5 Å². The third-order valence-electron chi connectivity index (χ3n) is 4.72. The lowest BCUT2D eigenvalue weighted by molar-refractivity contribution is -0.136. The summed E-state index contributed by atoms with van der Waals surface area (Å²) in [5.74, 6) is 0.310. The summed E-state index contributed by atoms with van der Waals surface area (Å²) < 4.78 is 10.9. The van der Waals surface area contributed by atoms with Crippen LogP contribution in [0.4, 0.5) is 5.69 Å². The lowest BCUT2D eigenvalue weighted by atomic mass is 10.1. The molecule has 0 atom stereocenters. The number of amides is 1. The van der Waals surface area contributed by atoms with Crippen molar-refractivity contribution in [1.29, 1.82) is 0 Å². The topological polar surface area (TPSA) is 64.6 Å². The van der Waals surface area contributed by atoms with E-state index in [1.807, 2.05) is 64.1 Å². The van der Waals surface area contributed by atoms with Gasteiger partial charge in [-0.25, -0.2) is 4.79 Å². The molecule has 0 radical (unpaired) electrons. The third-order valence-corrected chi connectivity index (χ3v) is 4.72. The molecule has 0 fully saturated rings. The predicted molar refractivity (Wildman–Crippen MR) is 117 cm³/mol. The van der Waals surface area contributed by atoms with Gasteiger partial charge >= 0.3 is 5.97 Å². The Bertz CT molecular complexity index is 1050. The number of rotatable bonds is 6. The molecule has 3 aromatic rings. The van der Waals surface area contributed by atoms with E-state index >= 15 is 0 Å². The molecule has 1 N–H and O–H groups in total. The van der Waals surface area contributed by atoms with Crippen molar-refractivity contribution in [3.8, 4) is 11.5 Å². The monoisotopic (exact) mass is 403 g/mol. The Morgan fingerprint density at radius 2 is 1.50 bits per heavy atom. The average molecular weight is 403 g/mol. The Labute approximate surface area is 176 Å². The molecular formula is C25H25NO4. The van der Waals surface area contributed by atoms with Gasteiger partial charge in [-0.3, -0.25) is 4.79 Å². The van der Waals surface area contributed by atoms with Crippen molar-refractivity contribution in [1.82, 2.24) is 0 Å². The molecule has 0 saturated heterocycles. The molecular weight excluding hydrogens is 378 g/mol. The van der Waals surface area contributed by atoms with E-state index in [1.54, 1.807) is 24.3 Å². The van der Waals surface area contributed by atoms with E-state index in [4.69, 9.17) is 9.47 Å². The number of anilines is 1. The molecule has 30 heavy (non-hydrogen) atoms. The molecule has 0 aliphatic carbocycles. The second kappa shape index (κ2) is 9.27. The summed E-state index contributed by atoms with van der Waals surface area (Å²) in [5, 5.41) is 2.90. The van der Waals surface area contributed by atoms with E-state index in [1.165, 1.54) is 0 Å². The number of para-hydroxylation sites is 1. The number of hydrogen-bond donors (Lipinski definition) is 1. The zero-order chi connectivity index (χ0) is 21.7. The largest absolute Gasteiger partial charge is 0.481 e. The number of carbonyl (C=O) groups excluding carboxylic acids is 2. The summed E-state index contributed by atoms with van der Waals surface area (Å²) in [6.45, 7) is 7.61. The van der Waals surface area contributed by atoms with Gasteiger partial charge in [-0.05, 0) is 74.7 Å². The molecule has 1 amide bonds. The Morgan fingerprint density at radius 1 is 0.833 bits per heavy atom. The molecule has 0 heterocycles. The van der Waals surface area contributed by atoms with Crippen LogP contribution in [-0.4, -0.2) is 18.5 Å². The van der Waals surface area contributed by atoms with E-state index in [0.717, 1.165) is 27.9 Å². The van der Waals surface area contributed by atoms with Crippen LogP contribution in [0.15, 0.2) is 60.7 Å². The Morgan fingerprint density at radius 3 is 2.13 bits per heavy atom. The first-order valence-corrected chi connectivity index (χ1v) is 9.72. The second-order valence-electron chi connectivity index (χ2n) is 7.28. The highest BCUT2D eigenvalue weighted by molar-refractivity contribution is 6.04. The number of benzene rings is 3. The molecule has 0 saturated carbocycles. The fraction of sp³-hybridized carbons (Fsp3) is 0.200. The highest BCUT2D eigenvalue weighted by Gasteiger charge is 2.11. The lowest BCUT2D eigenvalue weighted by Gasteiger charge is -2.12. The van der Waals surface area contributed by atoms with Gasteiger partial charge in [0.2, 0.25) is 0 Å². The Hall–Kier alpha value is -3.60. The molecule has 0 aliphatic rings. The lowest BCUT2D eigenvalue weighted by Crippen LogP contribution is -2.18. The third kappa shape index (κ3) is 5.26. The maximum Gasteiger partial charge on any atom is 0.349 e. The maximum absolute atomic E-state index is 12.5. The van der Waals surface area contributed by atoms with E-state index in [2.05, 4.69) is 5.32 Å². The van der Waals surface area contributed by atoms with Gasteiger partial charge in [0.05, 0.1) is 0 Å². The quantitative estimate of drug-likeness (QED) is 0.456. The van der Waals surface area contributed by atoms with E-state index in [-0.39, 0.29) is 12.5 Å². The molecule has 5 nitrogen and oxygen atoms in total. The number of ether oxygens (including phenoxy) is 2. The molecule has 0 aromatic heterocycles. The van der Waals surface area contributed by atoms with Crippen molar-refractivity contribution in [3.63, 3.8) is 0 Å². The number of carbonyl (C=O) groups is 2. The SMILES string of the molecule is Cc1ccc(NC(=O)c2ccc(OC(=O)COc3c(C)cccc3C)cc2)c(C)c1. The predicted octanol–water partition coefficient (Wildman–Crippen LogP) is 5.16. The fourth-order valence-corrected chi connectivity index (χ4v) is 3.14. The highest BCUT2D eigenvalue weighted by Crippen LogP contribution is 2.22. The Kier molecular flexibility index (Phi) is 6.52. The van der Waals surface area contributed by atoms with Gasteiger partial charge in [0, 0.05) is 11.3 Å². The number of esters is 1. The van der Waals surface area contributed by atoms with E-state index in [0.29, 0.717) is 17.1 Å². The van der Waals surface area contributed by atoms with Gasteiger partial charge < -0.3 is 14.8 Å². The van der Waals surface area contributed by atoms with Crippen LogP contribution >= 0.6 is 0 Å². The first-order valence-electron chi connectivity index (χ1n) is 9.72. The minimum Gasteiger partial charge on any atom is -0.481 e. The highest BCUT2D eigenvalue weighted by atomic mass is 16.6. The molecule has 0 spiro atoms.